The first-order valence-electron chi connectivity index (χ1n) is 6.56. The number of hydrogen-bond acceptors (Lipinski definition) is 4. The van der Waals surface area contributed by atoms with Crippen LogP contribution in [0.1, 0.15) is 25.1 Å². The summed E-state index contributed by atoms with van der Waals surface area (Å²) in [6, 6.07) is 14.2. The zero-order chi connectivity index (χ0) is 15.3. The molecule has 0 bridgehead atoms. The highest BCUT2D eigenvalue weighted by atomic mass is 16.3. The molecule has 2 rings (SSSR count). The largest absolute Gasteiger partial charge is 0.375 e. The molecule has 0 saturated carbocycles. The van der Waals surface area contributed by atoms with Crippen molar-refractivity contribution in [1.29, 1.82) is 0 Å². The van der Waals surface area contributed by atoms with E-state index in [0.717, 1.165) is 0 Å². The zero-order valence-electron chi connectivity index (χ0n) is 11.9. The summed E-state index contributed by atoms with van der Waals surface area (Å²) in [5.41, 5.74) is 2.47. The monoisotopic (exact) mass is 283 g/mol. The summed E-state index contributed by atoms with van der Waals surface area (Å²) >= 11 is 0. The fourth-order valence-electron chi connectivity index (χ4n) is 1.77. The van der Waals surface area contributed by atoms with Crippen molar-refractivity contribution in [2.24, 2.45) is 5.10 Å². The Morgan fingerprint density at radius 2 is 1.86 bits per heavy atom. The molecule has 1 heterocycles. The number of carbonyl (C=O) groups excluding carboxylic acids is 1. The standard InChI is InChI=1S/C16H17N3O2/c1-12(14-10-6-7-11-17-14)18-19-15(20)16(2,21)13-8-4-3-5-9-13/h3-11,21H,1-2H3,(H,19,20)/b18-12+. The first kappa shape index (κ1) is 14.9. The van der Waals surface area contributed by atoms with Gasteiger partial charge in [-0.1, -0.05) is 36.4 Å². The van der Waals surface area contributed by atoms with Crippen molar-refractivity contribution in [3.63, 3.8) is 0 Å². The van der Waals surface area contributed by atoms with E-state index < -0.39 is 11.5 Å². The molecule has 1 unspecified atom stereocenters. The van der Waals surface area contributed by atoms with Crippen LogP contribution in [0.25, 0.3) is 0 Å². The second-order valence-corrected chi connectivity index (χ2v) is 4.79. The normalized spacial score (nSPS) is 14.3. The Morgan fingerprint density at radius 3 is 2.48 bits per heavy atom. The minimum absolute atomic E-state index is 0.508. The molecule has 1 aromatic heterocycles. The Bertz CT molecular complexity index is 637. The van der Waals surface area contributed by atoms with Crippen molar-refractivity contribution >= 4 is 11.6 Å². The number of pyridine rings is 1. The van der Waals surface area contributed by atoms with E-state index in [1.807, 2.05) is 12.1 Å². The predicted octanol–water partition coefficient (Wildman–Crippen LogP) is 1.83. The second kappa shape index (κ2) is 6.28. The Morgan fingerprint density at radius 1 is 1.19 bits per heavy atom. The molecule has 0 radical (unpaired) electrons. The lowest BCUT2D eigenvalue weighted by Gasteiger charge is -2.21. The van der Waals surface area contributed by atoms with Crippen LogP contribution in [0.3, 0.4) is 0 Å². The fraction of sp³-hybridized carbons (Fsp3) is 0.188. The molecule has 0 saturated heterocycles. The molecule has 0 spiro atoms. The van der Waals surface area contributed by atoms with Crippen molar-refractivity contribution in [3.8, 4) is 0 Å². The molecule has 0 aliphatic heterocycles. The highest BCUT2D eigenvalue weighted by molar-refractivity contribution is 5.98. The molecule has 21 heavy (non-hydrogen) atoms. The van der Waals surface area contributed by atoms with Gasteiger partial charge in [-0.2, -0.15) is 5.10 Å². The third kappa shape index (κ3) is 3.52. The number of rotatable bonds is 4. The molecule has 0 aliphatic carbocycles. The average molecular weight is 283 g/mol. The fourth-order valence-corrected chi connectivity index (χ4v) is 1.77. The predicted molar refractivity (Wildman–Crippen MR) is 80.6 cm³/mol. The van der Waals surface area contributed by atoms with E-state index in [2.05, 4.69) is 15.5 Å². The third-order valence-corrected chi connectivity index (χ3v) is 3.14. The smallest absolute Gasteiger partial charge is 0.276 e. The van der Waals surface area contributed by atoms with Crippen molar-refractivity contribution in [3.05, 3.63) is 66.0 Å². The highest BCUT2D eigenvalue weighted by Gasteiger charge is 2.32. The summed E-state index contributed by atoms with van der Waals surface area (Å²) in [4.78, 5) is 16.2. The molecule has 5 heteroatoms. The number of aliphatic hydroxyl groups is 1. The van der Waals surface area contributed by atoms with Gasteiger partial charge in [0.2, 0.25) is 0 Å². The van der Waals surface area contributed by atoms with Crippen molar-refractivity contribution in [2.45, 2.75) is 19.4 Å². The number of carbonyl (C=O) groups is 1. The van der Waals surface area contributed by atoms with Gasteiger partial charge in [-0.05, 0) is 31.5 Å². The molecule has 1 atom stereocenters. The summed E-state index contributed by atoms with van der Waals surface area (Å²) in [6.45, 7) is 3.17. The molecule has 0 fully saturated rings. The van der Waals surface area contributed by atoms with Gasteiger partial charge in [0.05, 0.1) is 11.4 Å². The van der Waals surface area contributed by atoms with Crippen LogP contribution in [0.5, 0.6) is 0 Å². The quantitative estimate of drug-likeness (QED) is 0.664. The van der Waals surface area contributed by atoms with Gasteiger partial charge >= 0.3 is 0 Å². The number of aromatic nitrogens is 1. The van der Waals surface area contributed by atoms with E-state index in [0.29, 0.717) is 17.0 Å². The molecule has 2 aromatic rings. The van der Waals surface area contributed by atoms with Crippen LogP contribution in [0.2, 0.25) is 0 Å². The molecule has 2 N–H and O–H groups in total. The topological polar surface area (TPSA) is 74.6 Å². The van der Waals surface area contributed by atoms with E-state index in [9.17, 15) is 9.90 Å². The van der Waals surface area contributed by atoms with Crippen molar-refractivity contribution < 1.29 is 9.90 Å². The Hall–Kier alpha value is -2.53. The van der Waals surface area contributed by atoms with E-state index >= 15 is 0 Å². The second-order valence-electron chi connectivity index (χ2n) is 4.79. The van der Waals surface area contributed by atoms with Crippen molar-refractivity contribution in [1.82, 2.24) is 10.4 Å². The first-order valence-corrected chi connectivity index (χ1v) is 6.56. The lowest BCUT2D eigenvalue weighted by molar-refractivity contribution is -0.138. The number of benzene rings is 1. The average Bonchev–Trinajstić information content (AvgIpc) is 2.53. The van der Waals surface area contributed by atoms with Gasteiger partial charge < -0.3 is 5.11 Å². The minimum Gasteiger partial charge on any atom is -0.375 e. The number of amides is 1. The lowest BCUT2D eigenvalue weighted by Crippen LogP contribution is -2.40. The van der Waals surface area contributed by atoms with E-state index in [-0.39, 0.29) is 0 Å². The molecular weight excluding hydrogens is 266 g/mol. The SMILES string of the molecule is C/C(=N\NC(=O)C(C)(O)c1ccccc1)c1ccccn1. The van der Waals surface area contributed by atoms with E-state index in [1.165, 1.54) is 6.92 Å². The van der Waals surface area contributed by atoms with Gasteiger partial charge in [0, 0.05) is 6.20 Å². The molecule has 0 aliphatic rings. The van der Waals surface area contributed by atoms with Crippen LogP contribution in [-0.2, 0) is 10.4 Å². The van der Waals surface area contributed by atoms with Gasteiger partial charge in [-0.15, -0.1) is 0 Å². The van der Waals surface area contributed by atoms with Crippen LogP contribution in [-0.4, -0.2) is 21.7 Å². The summed E-state index contributed by atoms with van der Waals surface area (Å²) in [5, 5.41) is 14.3. The highest BCUT2D eigenvalue weighted by Crippen LogP contribution is 2.20. The maximum atomic E-state index is 12.1. The van der Waals surface area contributed by atoms with Crippen molar-refractivity contribution in [2.75, 3.05) is 0 Å². The van der Waals surface area contributed by atoms with Gasteiger partial charge in [-0.3, -0.25) is 9.78 Å². The molecule has 5 nitrogen and oxygen atoms in total. The Labute approximate surface area is 123 Å². The van der Waals surface area contributed by atoms with Crippen LogP contribution < -0.4 is 5.43 Å². The van der Waals surface area contributed by atoms with Crippen LogP contribution in [0, 0.1) is 0 Å². The molecule has 1 aromatic carbocycles. The van der Waals surface area contributed by atoms with E-state index in [4.69, 9.17) is 0 Å². The van der Waals surface area contributed by atoms with Gasteiger partial charge in [0.25, 0.3) is 5.91 Å². The summed E-state index contributed by atoms with van der Waals surface area (Å²) in [5.74, 6) is -0.594. The number of nitrogens with zero attached hydrogens (tertiary/aromatic N) is 2. The minimum atomic E-state index is -1.64. The summed E-state index contributed by atoms with van der Waals surface area (Å²) < 4.78 is 0. The zero-order valence-corrected chi connectivity index (χ0v) is 11.9. The first-order chi connectivity index (χ1) is 10.0. The van der Waals surface area contributed by atoms with Crippen LogP contribution in [0.4, 0.5) is 0 Å². The number of hydrazone groups is 1. The molecular formula is C16H17N3O2. The third-order valence-electron chi connectivity index (χ3n) is 3.14. The number of hydrogen-bond donors (Lipinski definition) is 2. The lowest BCUT2D eigenvalue weighted by atomic mass is 9.95. The maximum absolute atomic E-state index is 12.1. The molecule has 108 valence electrons. The van der Waals surface area contributed by atoms with Gasteiger partial charge in [0.15, 0.2) is 5.60 Å². The van der Waals surface area contributed by atoms with Gasteiger partial charge in [0.1, 0.15) is 0 Å². The maximum Gasteiger partial charge on any atom is 0.276 e. The summed E-state index contributed by atoms with van der Waals surface area (Å²) in [6.07, 6.45) is 1.65. The summed E-state index contributed by atoms with van der Waals surface area (Å²) in [7, 11) is 0. The van der Waals surface area contributed by atoms with Gasteiger partial charge in [-0.25, -0.2) is 5.43 Å². The van der Waals surface area contributed by atoms with E-state index in [1.54, 1.807) is 49.5 Å². The number of nitrogens with one attached hydrogen (secondary N) is 1. The molecule has 1 amide bonds. The Kier molecular flexibility index (Phi) is 4.45. The van der Waals surface area contributed by atoms with Crippen LogP contribution >= 0.6 is 0 Å². The van der Waals surface area contributed by atoms with Crippen LogP contribution in [0.15, 0.2) is 59.8 Å². The Balaban J connectivity index is 2.11.